The van der Waals surface area contributed by atoms with Gasteiger partial charge in [-0.25, -0.2) is 8.42 Å². The highest BCUT2D eigenvalue weighted by Crippen LogP contribution is 2.29. The third-order valence-electron chi connectivity index (χ3n) is 2.70. The maximum absolute atomic E-state index is 12.4. The number of halogens is 2. The molecule has 0 aromatic heterocycles. The Morgan fingerprint density at radius 3 is 2.40 bits per heavy atom. The number of hydrogen-bond donors (Lipinski definition) is 2. The monoisotopic (exact) mass is 330 g/mol. The molecule has 0 saturated heterocycles. The molecule has 106 valence electrons. The van der Waals surface area contributed by atoms with E-state index in [9.17, 15) is 8.42 Å². The lowest BCUT2D eigenvalue weighted by Gasteiger charge is -2.12. The molecule has 0 aliphatic heterocycles. The first-order valence-corrected chi connectivity index (χ1v) is 7.88. The van der Waals surface area contributed by atoms with Crippen molar-refractivity contribution in [3.63, 3.8) is 0 Å². The first kappa shape index (κ1) is 15.0. The van der Waals surface area contributed by atoms with E-state index < -0.39 is 10.0 Å². The number of nitrogens with two attached hydrogens (primary N) is 1. The molecule has 0 amide bonds. The Morgan fingerprint density at radius 1 is 1.10 bits per heavy atom. The summed E-state index contributed by atoms with van der Waals surface area (Å²) in [6, 6.07) is 9.42. The van der Waals surface area contributed by atoms with Crippen molar-refractivity contribution in [1.82, 2.24) is 0 Å². The standard InChI is InChI=1S/C13H12Cl2N2O2S/c1-8-6-10(15)11(16)7-13(8)20(18,19)17-12-5-3-2-4-9(12)14/h2-7,17H,16H2,1H3. The third kappa shape index (κ3) is 3.00. The highest BCUT2D eigenvalue weighted by molar-refractivity contribution is 7.92. The number of rotatable bonds is 3. The Labute approximate surface area is 127 Å². The average Bonchev–Trinajstić information content (AvgIpc) is 2.36. The maximum atomic E-state index is 12.4. The summed E-state index contributed by atoms with van der Waals surface area (Å²) < 4.78 is 27.2. The van der Waals surface area contributed by atoms with Gasteiger partial charge in [0.05, 0.1) is 26.3 Å². The minimum absolute atomic E-state index is 0.0688. The van der Waals surface area contributed by atoms with Crippen molar-refractivity contribution < 1.29 is 8.42 Å². The van der Waals surface area contributed by atoms with Gasteiger partial charge in [-0.2, -0.15) is 0 Å². The van der Waals surface area contributed by atoms with Crippen LogP contribution < -0.4 is 10.5 Å². The lowest BCUT2D eigenvalue weighted by atomic mass is 10.2. The number of para-hydroxylation sites is 1. The van der Waals surface area contributed by atoms with Crippen molar-refractivity contribution in [3.8, 4) is 0 Å². The normalized spacial score (nSPS) is 11.3. The molecule has 0 aliphatic rings. The van der Waals surface area contributed by atoms with Crippen LogP contribution in [0.15, 0.2) is 41.3 Å². The van der Waals surface area contributed by atoms with E-state index in [1.165, 1.54) is 12.1 Å². The van der Waals surface area contributed by atoms with Crippen molar-refractivity contribution in [2.75, 3.05) is 10.5 Å². The zero-order chi connectivity index (χ0) is 14.9. The highest BCUT2D eigenvalue weighted by Gasteiger charge is 2.19. The Hall–Kier alpha value is -1.43. The first-order chi connectivity index (χ1) is 9.31. The van der Waals surface area contributed by atoms with Gasteiger partial charge in [-0.1, -0.05) is 35.3 Å². The number of aryl methyl sites for hydroxylation is 1. The fourth-order valence-corrected chi connectivity index (χ4v) is 3.50. The molecule has 0 atom stereocenters. The summed E-state index contributed by atoms with van der Waals surface area (Å²) in [6.07, 6.45) is 0. The van der Waals surface area contributed by atoms with Crippen LogP contribution in [0.4, 0.5) is 11.4 Å². The Kier molecular flexibility index (Phi) is 4.13. The van der Waals surface area contributed by atoms with Gasteiger partial charge in [-0.05, 0) is 36.8 Å². The van der Waals surface area contributed by atoms with Crippen LogP contribution in [-0.4, -0.2) is 8.42 Å². The van der Waals surface area contributed by atoms with Gasteiger partial charge in [0.1, 0.15) is 0 Å². The molecular weight excluding hydrogens is 319 g/mol. The van der Waals surface area contributed by atoms with Gasteiger partial charge in [0.15, 0.2) is 0 Å². The Balaban J connectivity index is 2.47. The zero-order valence-electron chi connectivity index (χ0n) is 10.5. The minimum Gasteiger partial charge on any atom is -0.397 e. The predicted molar refractivity (Wildman–Crippen MR) is 82.9 cm³/mol. The van der Waals surface area contributed by atoms with E-state index in [1.54, 1.807) is 31.2 Å². The van der Waals surface area contributed by atoms with Crippen LogP contribution in [0.1, 0.15) is 5.56 Å². The summed E-state index contributed by atoms with van der Waals surface area (Å²) >= 11 is 11.8. The van der Waals surface area contributed by atoms with E-state index in [-0.39, 0.29) is 10.6 Å². The molecule has 0 radical (unpaired) electrons. The second kappa shape index (κ2) is 5.52. The summed E-state index contributed by atoms with van der Waals surface area (Å²) in [4.78, 5) is 0.0688. The molecule has 2 aromatic carbocycles. The summed E-state index contributed by atoms with van der Waals surface area (Å²) in [5.41, 5.74) is 6.68. The zero-order valence-corrected chi connectivity index (χ0v) is 12.9. The Bertz CT molecular complexity index is 761. The topological polar surface area (TPSA) is 72.2 Å². The summed E-state index contributed by atoms with van der Waals surface area (Å²) in [6.45, 7) is 1.65. The van der Waals surface area contributed by atoms with Gasteiger partial charge in [-0.15, -0.1) is 0 Å². The smallest absolute Gasteiger partial charge is 0.262 e. The first-order valence-electron chi connectivity index (χ1n) is 5.64. The molecule has 0 aliphatic carbocycles. The van der Waals surface area contributed by atoms with Gasteiger partial charge in [0.25, 0.3) is 10.0 Å². The lowest BCUT2D eigenvalue weighted by molar-refractivity contribution is 0.600. The van der Waals surface area contributed by atoms with Crippen LogP contribution in [-0.2, 0) is 10.0 Å². The summed E-state index contributed by atoms with van der Waals surface area (Å²) in [5, 5.41) is 0.634. The van der Waals surface area contributed by atoms with Crippen molar-refractivity contribution in [2.45, 2.75) is 11.8 Å². The molecule has 2 aromatic rings. The van der Waals surface area contributed by atoms with Gasteiger partial charge < -0.3 is 5.73 Å². The number of anilines is 2. The van der Waals surface area contributed by atoms with E-state index in [1.807, 2.05) is 0 Å². The van der Waals surface area contributed by atoms with Gasteiger partial charge in [0.2, 0.25) is 0 Å². The van der Waals surface area contributed by atoms with Crippen LogP contribution >= 0.6 is 23.2 Å². The Morgan fingerprint density at radius 2 is 1.75 bits per heavy atom. The number of nitrogen functional groups attached to an aromatic ring is 1. The molecule has 0 bridgehead atoms. The van der Waals surface area contributed by atoms with Crippen molar-refractivity contribution in [3.05, 3.63) is 52.0 Å². The number of hydrogen-bond acceptors (Lipinski definition) is 3. The second-order valence-corrected chi connectivity index (χ2v) is 6.69. The van der Waals surface area contributed by atoms with Crippen LogP contribution in [0.5, 0.6) is 0 Å². The average molecular weight is 331 g/mol. The molecule has 0 heterocycles. The molecule has 7 heteroatoms. The van der Waals surface area contributed by atoms with Gasteiger partial charge in [0, 0.05) is 0 Å². The number of sulfonamides is 1. The molecule has 20 heavy (non-hydrogen) atoms. The van der Waals surface area contributed by atoms with Crippen molar-refractivity contribution in [2.24, 2.45) is 0 Å². The van der Waals surface area contributed by atoms with Gasteiger partial charge in [-0.3, -0.25) is 4.72 Å². The molecule has 2 rings (SSSR count). The van der Waals surface area contributed by atoms with Crippen LogP contribution in [0.2, 0.25) is 10.0 Å². The van der Waals surface area contributed by atoms with Crippen molar-refractivity contribution in [1.29, 1.82) is 0 Å². The summed E-state index contributed by atoms with van der Waals surface area (Å²) in [5.74, 6) is 0. The molecule has 0 unspecified atom stereocenters. The largest absolute Gasteiger partial charge is 0.397 e. The van der Waals surface area contributed by atoms with Crippen LogP contribution in [0.25, 0.3) is 0 Å². The number of nitrogens with one attached hydrogen (secondary N) is 1. The van der Waals surface area contributed by atoms with Gasteiger partial charge >= 0.3 is 0 Å². The van der Waals surface area contributed by atoms with E-state index in [4.69, 9.17) is 28.9 Å². The summed E-state index contributed by atoms with van der Waals surface area (Å²) in [7, 11) is -3.78. The molecule has 0 spiro atoms. The molecule has 4 nitrogen and oxygen atoms in total. The highest BCUT2D eigenvalue weighted by atomic mass is 35.5. The van der Waals surface area contributed by atoms with E-state index in [2.05, 4.69) is 4.72 Å². The molecule has 0 saturated carbocycles. The van der Waals surface area contributed by atoms with E-state index in [0.717, 1.165) is 0 Å². The predicted octanol–water partition coefficient (Wildman–Crippen LogP) is 3.68. The minimum atomic E-state index is -3.78. The lowest BCUT2D eigenvalue weighted by Crippen LogP contribution is -2.15. The molecule has 0 fully saturated rings. The SMILES string of the molecule is Cc1cc(Cl)c(N)cc1S(=O)(=O)Nc1ccccc1Cl. The third-order valence-corrected chi connectivity index (χ3v) is 4.87. The van der Waals surface area contributed by atoms with E-state index >= 15 is 0 Å². The molecule has 3 N–H and O–H groups in total. The van der Waals surface area contributed by atoms with E-state index in [0.29, 0.717) is 21.3 Å². The quantitative estimate of drug-likeness (QED) is 0.843. The fraction of sp³-hybridized carbons (Fsp3) is 0.0769. The fourth-order valence-electron chi connectivity index (χ4n) is 1.70. The molecular formula is C13H12Cl2N2O2S. The maximum Gasteiger partial charge on any atom is 0.262 e. The van der Waals surface area contributed by atoms with Crippen LogP contribution in [0.3, 0.4) is 0 Å². The van der Waals surface area contributed by atoms with Crippen molar-refractivity contribution >= 4 is 44.6 Å². The number of benzene rings is 2. The second-order valence-electron chi connectivity index (χ2n) is 4.22. The van der Waals surface area contributed by atoms with Crippen LogP contribution in [0, 0.1) is 6.92 Å².